The third kappa shape index (κ3) is 2.27. The maximum atomic E-state index is 11.7. The lowest BCUT2D eigenvalue weighted by Gasteiger charge is -2.12. The largest absolute Gasteiger partial charge is 0.328 e. The normalized spacial score (nSPS) is 10.6. The van der Waals surface area contributed by atoms with Gasteiger partial charge < -0.3 is 4.98 Å². The molecule has 1 aromatic heterocycles. The quantitative estimate of drug-likeness (QED) is 0.870. The Morgan fingerprint density at radius 3 is 2.28 bits per heavy atom. The maximum Gasteiger partial charge on any atom is 0.328 e. The van der Waals surface area contributed by atoms with Gasteiger partial charge >= 0.3 is 5.69 Å². The van der Waals surface area contributed by atoms with Crippen LogP contribution >= 0.6 is 0 Å². The standard InChI is InChI=1S/C14H16N2O2/c1-9-6-10(2)12(11(3)7-9)8-16-13(17)4-5-15-14(16)18/h4-7H,8H2,1-3H3,(H,15,18). The van der Waals surface area contributed by atoms with E-state index in [9.17, 15) is 9.59 Å². The van der Waals surface area contributed by atoms with Gasteiger partial charge in [-0.2, -0.15) is 0 Å². The fourth-order valence-corrected chi connectivity index (χ4v) is 2.22. The smallest absolute Gasteiger partial charge is 0.314 e. The van der Waals surface area contributed by atoms with Crippen molar-refractivity contribution in [3.05, 3.63) is 67.5 Å². The van der Waals surface area contributed by atoms with Crippen LogP contribution in [0.5, 0.6) is 0 Å². The highest BCUT2D eigenvalue weighted by Crippen LogP contribution is 2.16. The summed E-state index contributed by atoms with van der Waals surface area (Å²) in [5.74, 6) is 0. The minimum absolute atomic E-state index is 0.280. The highest BCUT2D eigenvalue weighted by atomic mass is 16.2. The molecule has 0 spiro atoms. The van der Waals surface area contributed by atoms with E-state index in [1.807, 2.05) is 20.8 Å². The Balaban J connectivity index is 2.54. The highest BCUT2D eigenvalue weighted by Gasteiger charge is 2.07. The Bertz CT molecular complexity index is 644. The Hall–Kier alpha value is -2.10. The lowest BCUT2D eigenvalue weighted by atomic mass is 10.00. The molecule has 2 rings (SSSR count). The third-order valence-corrected chi connectivity index (χ3v) is 3.10. The van der Waals surface area contributed by atoms with Crippen LogP contribution in [0.15, 0.2) is 34.0 Å². The van der Waals surface area contributed by atoms with Crippen molar-refractivity contribution in [2.45, 2.75) is 27.3 Å². The Morgan fingerprint density at radius 1 is 1.11 bits per heavy atom. The number of hydrogen-bond donors (Lipinski definition) is 1. The van der Waals surface area contributed by atoms with Gasteiger partial charge in [-0.1, -0.05) is 17.7 Å². The Kier molecular flexibility index (Phi) is 3.19. The fourth-order valence-electron chi connectivity index (χ4n) is 2.22. The van der Waals surface area contributed by atoms with E-state index in [1.165, 1.54) is 22.4 Å². The maximum absolute atomic E-state index is 11.7. The molecule has 0 atom stereocenters. The van der Waals surface area contributed by atoms with E-state index in [-0.39, 0.29) is 11.2 Å². The lowest BCUT2D eigenvalue weighted by molar-refractivity contribution is 0.693. The molecule has 18 heavy (non-hydrogen) atoms. The first-order chi connectivity index (χ1) is 8.49. The van der Waals surface area contributed by atoms with Crippen molar-refractivity contribution in [2.75, 3.05) is 0 Å². The van der Waals surface area contributed by atoms with Crippen LogP contribution in [0.2, 0.25) is 0 Å². The molecule has 1 N–H and O–H groups in total. The van der Waals surface area contributed by atoms with E-state index >= 15 is 0 Å². The molecule has 0 fully saturated rings. The number of nitrogens with one attached hydrogen (secondary N) is 1. The molecule has 0 radical (unpaired) electrons. The van der Waals surface area contributed by atoms with Crippen molar-refractivity contribution >= 4 is 0 Å². The number of aromatic amines is 1. The van der Waals surface area contributed by atoms with Gasteiger partial charge in [-0.25, -0.2) is 4.79 Å². The molecule has 1 heterocycles. The zero-order valence-corrected chi connectivity index (χ0v) is 10.8. The molecule has 2 aromatic rings. The molecule has 4 heteroatoms. The van der Waals surface area contributed by atoms with Gasteiger partial charge in [0.2, 0.25) is 0 Å². The number of hydrogen-bond acceptors (Lipinski definition) is 2. The van der Waals surface area contributed by atoms with E-state index < -0.39 is 0 Å². The molecule has 0 aliphatic heterocycles. The first-order valence-corrected chi connectivity index (χ1v) is 5.84. The molecule has 4 nitrogen and oxygen atoms in total. The zero-order valence-electron chi connectivity index (χ0n) is 10.8. The Labute approximate surface area is 105 Å². The van der Waals surface area contributed by atoms with Crippen LogP contribution in [0.1, 0.15) is 22.3 Å². The summed E-state index contributed by atoms with van der Waals surface area (Å²) >= 11 is 0. The van der Waals surface area contributed by atoms with Gasteiger partial charge in [-0.15, -0.1) is 0 Å². The van der Waals surface area contributed by atoms with Crippen molar-refractivity contribution in [1.82, 2.24) is 9.55 Å². The van der Waals surface area contributed by atoms with Crippen LogP contribution < -0.4 is 11.2 Å². The van der Waals surface area contributed by atoms with E-state index in [0.29, 0.717) is 6.54 Å². The number of rotatable bonds is 2. The van der Waals surface area contributed by atoms with Gasteiger partial charge in [0.15, 0.2) is 0 Å². The minimum Gasteiger partial charge on any atom is -0.314 e. The molecular formula is C14H16N2O2. The van der Waals surface area contributed by atoms with E-state index in [4.69, 9.17) is 0 Å². The molecule has 0 saturated carbocycles. The number of benzene rings is 1. The van der Waals surface area contributed by atoms with Gasteiger partial charge in [0.05, 0.1) is 6.54 Å². The summed E-state index contributed by atoms with van der Waals surface area (Å²) in [6, 6.07) is 5.48. The van der Waals surface area contributed by atoms with E-state index in [0.717, 1.165) is 16.7 Å². The summed E-state index contributed by atoms with van der Waals surface area (Å²) in [4.78, 5) is 25.8. The second-order valence-corrected chi connectivity index (χ2v) is 4.58. The lowest BCUT2D eigenvalue weighted by Crippen LogP contribution is -2.34. The molecule has 0 unspecified atom stereocenters. The topological polar surface area (TPSA) is 54.9 Å². The summed E-state index contributed by atoms with van der Waals surface area (Å²) in [7, 11) is 0. The number of nitrogens with zero attached hydrogens (tertiary/aromatic N) is 1. The van der Waals surface area contributed by atoms with Gasteiger partial charge in [0, 0.05) is 12.3 Å². The van der Waals surface area contributed by atoms with Crippen molar-refractivity contribution in [1.29, 1.82) is 0 Å². The third-order valence-electron chi connectivity index (χ3n) is 3.10. The molecule has 0 amide bonds. The average molecular weight is 244 g/mol. The summed E-state index contributed by atoms with van der Waals surface area (Å²) in [5, 5.41) is 0. The first kappa shape index (κ1) is 12.4. The van der Waals surface area contributed by atoms with Crippen LogP contribution in [0.25, 0.3) is 0 Å². The fraction of sp³-hybridized carbons (Fsp3) is 0.286. The molecule has 94 valence electrons. The monoisotopic (exact) mass is 244 g/mol. The summed E-state index contributed by atoms with van der Waals surface area (Å²) in [6.45, 7) is 6.34. The molecule has 0 bridgehead atoms. The second-order valence-electron chi connectivity index (χ2n) is 4.58. The van der Waals surface area contributed by atoms with Crippen molar-refractivity contribution in [3.63, 3.8) is 0 Å². The number of aromatic nitrogens is 2. The van der Waals surface area contributed by atoms with Crippen LogP contribution in [0, 0.1) is 20.8 Å². The predicted molar refractivity (Wildman–Crippen MR) is 71.1 cm³/mol. The van der Waals surface area contributed by atoms with Crippen LogP contribution in [-0.2, 0) is 6.54 Å². The number of aryl methyl sites for hydroxylation is 3. The Morgan fingerprint density at radius 2 is 1.72 bits per heavy atom. The summed E-state index contributed by atoms with van der Waals surface area (Å²) < 4.78 is 1.21. The molecule has 0 aliphatic carbocycles. The molecule has 0 saturated heterocycles. The van der Waals surface area contributed by atoms with Crippen molar-refractivity contribution < 1.29 is 0 Å². The van der Waals surface area contributed by atoms with Crippen molar-refractivity contribution in [2.24, 2.45) is 0 Å². The average Bonchev–Trinajstić information content (AvgIpc) is 2.26. The van der Waals surface area contributed by atoms with Gasteiger partial charge in [-0.05, 0) is 37.5 Å². The van der Waals surface area contributed by atoms with Crippen molar-refractivity contribution in [3.8, 4) is 0 Å². The summed E-state index contributed by atoms with van der Waals surface area (Å²) in [6.07, 6.45) is 1.37. The summed E-state index contributed by atoms with van der Waals surface area (Å²) in [5.41, 5.74) is 3.76. The van der Waals surface area contributed by atoms with Gasteiger partial charge in [-0.3, -0.25) is 9.36 Å². The predicted octanol–water partition coefficient (Wildman–Crippen LogP) is 1.51. The molecular weight excluding hydrogens is 228 g/mol. The number of H-pyrrole nitrogens is 1. The van der Waals surface area contributed by atoms with Crippen LogP contribution in [0.4, 0.5) is 0 Å². The SMILES string of the molecule is Cc1cc(C)c(Cn2c(=O)cc[nH]c2=O)c(C)c1. The first-order valence-electron chi connectivity index (χ1n) is 5.84. The highest BCUT2D eigenvalue weighted by molar-refractivity contribution is 5.37. The van der Waals surface area contributed by atoms with Gasteiger partial charge in [0.1, 0.15) is 0 Å². The van der Waals surface area contributed by atoms with Crippen LogP contribution in [-0.4, -0.2) is 9.55 Å². The van der Waals surface area contributed by atoms with Gasteiger partial charge in [0.25, 0.3) is 5.56 Å². The molecule has 1 aromatic carbocycles. The minimum atomic E-state index is -0.373. The van der Waals surface area contributed by atoms with Crippen LogP contribution in [0.3, 0.4) is 0 Å². The molecule has 0 aliphatic rings. The second kappa shape index (κ2) is 4.64. The zero-order chi connectivity index (χ0) is 13.3. The van der Waals surface area contributed by atoms with E-state index in [1.54, 1.807) is 0 Å². The van der Waals surface area contributed by atoms with E-state index in [2.05, 4.69) is 17.1 Å².